The van der Waals surface area contributed by atoms with Gasteiger partial charge in [0.25, 0.3) is 0 Å². The van der Waals surface area contributed by atoms with Crippen molar-refractivity contribution in [2.45, 2.75) is 13.3 Å². The Bertz CT molecular complexity index is 556. The average Bonchev–Trinajstić information content (AvgIpc) is 2.54. The van der Waals surface area contributed by atoms with E-state index in [1.165, 1.54) is 12.0 Å². The van der Waals surface area contributed by atoms with E-state index in [2.05, 4.69) is 10.1 Å². The highest BCUT2D eigenvalue weighted by atomic mass is 16.5. The summed E-state index contributed by atoms with van der Waals surface area (Å²) in [7, 11) is 2.88. The first-order chi connectivity index (χ1) is 10.8. The van der Waals surface area contributed by atoms with Crippen LogP contribution in [0.2, 0.25) is 0 Å². The average molecular weight is 322 g/mol. The lowest BCUT2D eigenvalue weighted by Gasteiger charge is -2.20. The number of carboxylic acids is 1. The second-order valence-corrected chi connectivity index (χ2v) is 5.29. The van der Waals surface area contributed by atoms with Crippen molar-refractivity contribution in [3.05, 3.63) is 35.4 Å². The SMILES string of the molecule is COC(=O)c1ccc(CCNC(=O)N(C)CC(C)C(=O)O)cc1. The van der Waals surface area contributed by atoms with E-state index >= 15 is 0 Å². The Labute approximate surface area is 135 Å². The third-order valence-corrected chi connectivity index (χ3v) is 3.38. The molecule has 1 rings (SSSR count). The van der Waals surface area contributed by atoms with Gasteiger partial charge in [0.05, 0.1) is 18.6 Å². The third kappa shape index (κ3) is 5.98. The van der Waals surface area contributed by atoms with Crippen LogP contribution in [0.3, 0.4) is 0 Å². The number of nitrogens with zero attached hydrogens (tertiary/aromatic N) is 1. The number of nitrogens with one attached hydrogen (secondary N) is 1. The van der Waals surface area contributed by atoms with Gasteiger partial charge in [-0.05, 0) is 24.1 Å². The summed E-state index contributed by atoms with van der Waals surface area (Å²) in [6, 6.07) is 6.63. The van der Waals surface area contributed by atoms with Crippen LogP contribution in [0.1, 0.15) is 22.8 Å². The Morgan fingerprint density at radius 1 is 1.26 bits per heavy atom. The summed E-state index contributed by atoms with van der Waals surface area (Å²) in [4.78, 5) is 35.3. The van der Waals surface area contributed by atoms with Crippen LogP contribution >= 0.6 is 0 Å². The molecular weight excluding hydrogens is 300 g/mol. The molecule has 1 atom stereocenters. The Balaban J connectivity index is 2.40. The van der Waals surface area contributed by atoms with Crippen molar-refractivity contribution in [2.75, 3.05) is 27.2 Å². The highest BCUT2D eigenvalue weighted by Gasteiger charge is 2.16. The molecule has 1 unspecified atom stereocenters. The first kappa shape index (κ1) is 18.5. The largest absolute Gasteiger partial charge is 0.481 e. The highest BCUT2D eigenvalue weighted by Crippen LogP contribution is 2.06. The zero-order chi connectivity index (χ0) is 17.4. The predicted molar refractivity (Wildman–Crippen MR) is 84.3 cm³/mol. The molecule has 0 saturated heterocycles. The molecule has 0 aliphatic heterocycles. The van der Waals surface area contributed by atoms with Gasteiger partial charge < -0.3 is 20.1 Å². The molecule has 0 aromatic heterocycles. The Kier molecular flexibility index (Phi) is 7.05. The van der Waals surface area contributed by atoms with E-state index < -0.39 is 11.9 Å². The fraction of sp³-hybridized carbons (Fsp3) is 0.438. The molecule has 0 heterocycles. The summed E-state index contributed by atoms with van der Waals surface area (Å²) in [6.07, 6.45) is 0.607. The van der Waals surface area contributed by atoms with Crippen LogP contribution in [0.15, 0.2) is 24.3 Å². The lowest BCUT2D eigenvalue weighted by Crippen LogP contribution is -2.41. The number of hydrogen-bond donors (Lipinski definition) is 2. The van der Waals surface area contributed by atoms with Gasteiger partial charge in [-0.3, -0.25) is 4.79 Å². The number of methoxy groups -OCH3 is 1. The maximum atomic E-state index is 11.8. The number of urea groups is 1. The maximum Gasteiger partial charge on any atom is 0.337 e. The molecule has 0 saturated carbocycles. The molecule has 7 nitrogen and oxygen atoms in total. The van der Waals surface area contributed by atoms with E-state index in [1.807, 2.05) is 0 Å². The number of carboxylic acid groups (broad SMARTS) is 1. The van der Waals surface area contributed by atoms with Crippen LogP contribution in [0.4, 0.5) is 4.79 Å². The van der Waals surface area contributed by atoms with Crippen LogP contribution < -0.4 is 5.32 Å². The smallest absolute Gasteiger partial charge is 0.337 e. The molecule has 2 amide bonds. The molecule has 0 aliphatic carbocycles. The fourth-order valence-electron chi connectivity index (χ4n) is 1.95. The van der Waals surface area contributed by atoms with Crippen LogP contribution in [0.5, 0.6) is 0 Å². The van der Waals surface area contributed by atoms with Crippen LogP contribution in [0, 0.1) is 5.92 Å². The van der Waals surface area contributed by atoms with Crippen molar-refractivity contribution in [2.24, 2.45) is 5.92 Å². The molecule has 0 fully saturated rings. The topological polar surface area (TPSA) is 95.9 Å². The summed E-state index contributed by atoms with van der Waals surface area (Å²) >= 11 is 0. The minimum Gasteiger partial charge on any atom is -0.481 e. The molecule has 0 bridgehead atoms. The Hall–Kier alpha value is -2.57. The fourth-order valence-corrected chi connectivity index (χ4v) is 1.95. The first-order valence-corrected chi connectivity index (χ1v) is 7.24. The summed E-state index contributed by atoms with van der Waals surface area (Å²) in [5.74, 6) is -1.94. The second-order valence-electron chi connectivity index (χ2n) is 5.29. The lowest BCUT2D eigenvalue weighted by atomic mass is 10.1. The third-order valence-electron chi connectivity index (χ3n) is 3.38. The number of carbonyl (C=O) groups excluding carboxylic acids is 2. The van der Waals surface area contributed by atoms with Gasteiger partial charge >= 0.3 is 18.0 Å². The van der Waals surface area contributed by atoms with Crippen LogP contribution in [-0.2, 0) is 16.0 Å². The van der Waals surface area contributed by atoms with E-state index in [9.17, 15) is 14.4 Å². The van der Waals surface area contributed by atoms with Crippen molar-refractivity contribution < 1.29 is 24.2 Å². The van der Waals surface area contributed by atoms with Gasteiger partial charge in [0.2, 0.25) is 0 Å². The van der Waals surface area contributed by atoms with E-state index in [0.29, 0.717) is 18.5 Å². The molecule has 1 aromatic rings. The summed E-state index contributed by atoms with van der Waals surface area (Å²) in [5.41, 5.74) is 1.45. The Morgan fingerprint density at radius 2 is 1.87 bits per heavy atom. The van der Waals surface area contributed by atoms with E-state index in [0.717, 1.165) is 5.56 Å². The van der Waals surface area contributed by atoms with Gasteiger partial charge in [0, 0.05) is 20.1 Å². The first-order valence-electron chi connectivity index (χ1n) is 7.24. The van der Waals surface area contributed by atoms with Gasteiger partial charge in [-0.2, -0.15) is 0 Å². The summed E-state index contributed by atoms with van der Waals surface area (Å²) < 4.78 is 4.62. The number of benzene rings is 1. The van der Waals surface area contributed by atoms with Crippen molar-refractivity contribution >= 4 is 18.0 Å². The van der Waals surface area contributed by atoms with Crippen LogP contribution in [-0.4, -0.2) is 55.2 Å². The highest BCUT2D eigenvalue weighted by molar-refractivity contribution is 5.89. The van der Waals surface area contributed by atoms with Crippen molar-refractivity contribution in [3.8, 4) is 0 Å². The molecule has 7 heteroatoms. The lowest BCUT2D eigenvalue weighted by molar-refractivity contribution is -0.141. The van der Waals surface area contributed by atoms with Crippen molar-refractivity contribution in [1.82, 2.24) is 10.2 Å². The number of aliphatic carboxylic acids is 1. The Morgan fingerprint density at radius 3 is 2.39 bits per heavy atom. The molecule has 0 aliphatic rings. The maximum absolute atomic E-state index is 11.8. The van der Waals surface area contributed by atoms with Crippen molar-refractivity contribution in [1.29, 1.82) is 0 Å². The van der Waals surface area contributed by atoms with Gasteiger partial charge in [0.1, 0.15) is 0 Å². The summed E-state index contributed by atoms with van der Waals surface area (Å²) in [5, 5.41) is 11.6. The molecule has 126 valence electrons. The molecular formula is C16H22N2O5. The monoisotopic (exact) mass is 322 g/mol. The molecule has 1 aromatic carbocycles. The second kappa shape index (κ2) is 8.77. The standard InChI is InChI=1S/C16H22N2O5/c1-11(14(19)20)10-18(2)16(22)17-9-8-12-4-6-13(7-5-12)15(21)23-3/h4-7,11H,8-10H2,1-3H3,(H,17,22)(H,19,20). The normalized spacial score (nSPS) is 11.4. The van der Waals surface area contributed by atoms with Crippen LogP contribution in [0.25, 0.3) is 0 Å². The van der Waals surface area contributed by atoms with E-state index in [1.54, 1.807) is 38.2 Å². The van der Waals surface area contributed by atoms with E-state index in [-0.39, 0.29) is 18.5 Å². The van der Waals surface area contributed by atoms with Gasteiger partial charge in [-0.25, -0.2) is 9.59 Å². The molecule has 2 N–H and O–H groups in total. The molecule has 0 radical (unpaired) electrons. The van der Waals surface area contributed by atoms with Crippen molar-refractivity contribution in [3.63, 3.8) is 0 Å². The number of carbonyl (C=O) groups is 3. The van der Waals surface area contributed by atoms with Gasteiger partial charge in [-0.15, -0.1) is 0 Å². The minimum atomic E-state index is -0.935. The predicted octanol–water partition coefficient (Wildman–Crippen LogP) is 1.38. The number of esters is 1. The molecule has 23 heavy (non-hydrogen) atoms. The zero-order valence-corrected chi connectivity index (χ0v) is 13.5. The van der Waals surface area contributed by atoms with E-state index in [4.69, 9.17) is 5.11 Å². The van der Waals surface area contributed by atoms with Gasteiger partial charge in [0.15, 0.2) is 0 Å². The number of rotatable bonds is 7. The number of ether oxygens (including phenoxy) is 1. The quantitative estimate of drug-likeness (QED) is 0.739. The number of hydrogen-bond acceptors (Lipinski definition) is 4. The van der Waals surface area contributed by atoms with Gasteiger partial charge in [-0.1, -0.05) is 19.1 Å². The molecule has 0 spiro atoms. The zero-order valence-electron chi connectivity index (χ0n) is 13.5. The number of amides is 2. The summed E-state index contributed by atoms with van der Waals surface area (Å²) in [6.45, 7) is 2.12. The minimum absolute atomic E-state index is 0.148.